The van der Waals surface area contributed by atoms with E-state index in [0.717, 1.165) is 0 Å². The van der Waals surface area contributed by atoms with Gasteiger partial charge in [0.05, 0.1) is 14.2 Å². The van der Waals surface area contributed by atoms with Crippen molar-refractivity contribution < 1.29 is 18.7 Å². The highest BCUT2D eigenvalue weighted by atomic mass is 79.9. The van der Waals surface area contributed by atoms with Crippen LogP contribution in [0.4, 0.5) is 4.39 Å². The van der Waals surface area contributed by atoms with Crippen molar-refractivity contribution >= 4 is 21.7 Å². The molecule has 0 saturated carbocycles. The van der Waals surface area contributed by atoms with Crippen LogP contribution in [0.15, 0.2) is 40.9 Å². The van der Waals surface area contributed by atoms with E-state index in [9.17, 15) is 9.18 Å². The third kappa shape index (κ3) is 2.82. The predicted molar refractivity (Wildman–Crippen MR) is 77.1 cm³/mol. The van der Waals surface area contributed by atoms with Gasteiger partial charge >= 0.3 is 0 Å². The molecule has 0 fully saturated rings. The molecule has 0 saturated heterocycles. The van der Waals surface area contributed by atoms with Gasteiger partial charge in [0.15, 0.2) is 17.3 Å². The van der Waals surface area contributed by atoms with Crippen LogP contribution in [0.5, 0.6) is 11.5 Å². The third-order valence-corrected chi connectivity index (χ3v) is 3.49. The summed E-state index contributed by atoms with van der Waals surface area (Å²) in [5, 5.41) is 0. The zero-order chi connectivity index (χ0) is 14.7. The summed E-state index contributed by atoms with van der Waals surface area (Å²) in [6, 6.07) is 9.07. The van der Waals surface area contributed by atoms with Gasteiger partial charge in [0.1, 0.15) is 5.75 Å². The Bertz CT molecular complexity index is 656. The normalized spacial score (nSPS) is 10.2. The van der Waals surface area contributed by atoms with E-state index in [4.69, 9.17) is 9.47 Å². The molecular weight excluding hydrogens is 327 g/mol. The Kier molecular flexibility index (Phi) is 4.39. The van der Waals surface area contributed by atoms with Gasteiger partial charge in [-0.1, -0.05) is 0 Å². The summed E-state index contributed by atoms with van der Waals surface area (Å²) in [5.41, 5.74) is 0.827. The molecule has 0 N–H and O–H groups in total. The number of ketones is 1. The maximum atomic E-state index is 13.4. The molecule has 0 atom stereocenters. The van der Waals surface area contributed by atoms with Gasteiger partial charge in [-0.3, -0.25) is 4.79 Å². The standard InChI is InChI=1S/C15H12BrFO3/c1-19-10-4-5-11(12(16)8-10)15(18)9-3-6-13(17)14(7-9)20-2/h3-8H,1-2H3. The molecule has 2 rings (SSSR count). The number of hydrogen-bond donors (Lipinski definition) is 0. The van der Waals surface area contributed by atoms with Gasteiger partial charge in [-0.05, 0) is 52.3 Å². The molecule has 2 aromatic carbocycles. The van der Waals surface area contributed by atoms with Crippen molar-refractivity contribution in [3.05, 3.63) is 57.8 Å². The van der Waals surface area contributed by atoms with Crippen LogP contribution in [0.3, 0.4) is 0 Å². The lowest BCUT2D eigenvalue weighted by atomic mass is 10.0. The second-order valence-electron chi connectivity index (χ2n) is 4.02. The van der Waals surface area contributed by atoms with E-state index in [1.165, 1.54) is 25.3 Å². The van der Waals surface area contributed by atoms with Crippen molar-refractivity contribution in [1.82, 2.24) is 0 Å². The first-order valence-electron chi connectivity index (χ1n) is 5.78. The number of ether oxygens (including phenoxy) is 2. The summed E-state index contributed by atoms with van der Waals surface area (Å²) >= 11 is 3.33. The van der Waals surface area contributed by atoms with Crippen molar-refractivity contribution in [2.75, 3.05) is 14.2 Å². The molecule has 0 aliphatic rings. The minimum absolute atomic E-state index is 0.0421. The highest BCUT2D eigenvalue weighted by Crippen LogP contribution is 2.27. The summed E-state index contributed by atoms with van der Waals surface area (Å²) in [4.78, 5) is 12.4. The Labute approximate surface area is 124 Å². The van der Waals surface area contributed by atoms with Crippen LogP contribution in [-0.4, -0.2) is 20.0 Å². The van der Waals surface area contributed by atoms with Crippen molar-refractivity contribution in [3.8, 4) is 11.5 Å². The first kappa shape index (κ1) is 14.5. The van der Waals surface area contributed by atoms with Gasteiger partial charge in [-0.25, -0.2) is 4.39 Å². The summed E-state index contributed by atoms with van der Waals surface area (Å²) in [6.07, 6.45) is 0. The Balaban J connectivity index is 2.41. The number of benzene rings is 2. The second kappa shape index (κ2) is 6.05. The van der Waals surface area contributed by atoms with Gasteiger partial charge in [0.25, 0.3) is 0 Å². The van der Waals surface area contributed by atoms with Crippen LogP contribution < -0.4 is 9.47 Å². The van der Waals surface area contributed by atoms with Gasteiger partial charge in [-0.2, -0.15) is 0 Å². The number of hydrogen-bond acceptors (Lipinski definition) is 3. The predicted octanol–water partition coefficient (Wildman–Crippen LogP) is 3.84. The second-order valence-corrected chi connectivity index (χ2v) is 4.88. The van der Waals surface area contributed by atoms with Crippen LogP contribution in [0.25, 0.3) is 0 Å². The van der Waals surface area contributed by atoms with Gasteiger partial charge < -0.3 is 9.47 Å². The molecule has 0 spiro atoms. The highest BCUT2D eigenvalue weighted by molar-refractivity contribution is 9.10. The molecule has 0 heterocycles. The topological polar surface area (TPSA) is 35.5 Å². The minimum Gasteiger partial charge on any atom is -0.497 e. The lowest BCUT2D eigenvalue weighted by Crippen LogP contribution is -2.03. The Morgan fingerprint density at radius 3 is 2.45 bits per heavy atom. The summed E-state index contributed by atoms with van der Waals surface area (Å²) in [5.74, 6) is -0.0405. The number of carbonyl (C=O) groups excluding carboxylic acids is 1. The maximum absolute atomic E-state index is 13.4. The Morgan fingerprint density at radius 2 is 1.85 bits per heavy atom. The molecule has 0 amide bonds. The SMILES string of the molecule is COc1ccc(C(=O)c2ccc(F)c(OC)c2)c(Br)c1. The van der Waals surface area contributed by atoms with E-state index in [-0.39, 0.29) is 11.5 Å². The Morgan fingerprint density at radius 1 is 1.10 bits per heavy atom. The van der Waals surface area contributed by atoms with Crippen molar-refractivity contribution in [2.45, 2.75) is 0 Å². The molecule has 3 nitrogen and oxygen atoms in total. The molecule has 0 unspecified atom stereocenters. The first-order chi connectivity index (χ1) is 9.56. The van der Waals surface area contributed by atoms with E-state index >= 15 is 0 Å². The molecular formula is C15H12BrFO3. The zero-order valence-corrected chi connectivity index (χ0v) is 12.5. The largest absolute Gasteiger partial charge is 0.497 e. The first-order valence-corrected chi connectivity index (χ1v) is 6.58. The lowest BCUT2D eigenvalue weighted by molar-refractivity contribution is 0.103. The molecule has 0 bridgehead atoms. The molecule has 20 heavy (non-hydrogen) atoms. The van der Waals surface area contributed by atoms with Crippen LogP contribution in [-0.2, 0) is 0 Å². The van der Waals surface area contributed by atoms with Crippen LogP contribution in [0.1, 0.15) is 15.9 Å². The number of carbonyl (C=O) groups is 1. The summed E-state index contributed by atoms with van der Waals surface area (Å²) in [6.45, 7) is 0. The van der Waals surface area contributed by atoms with Crippen molar-refractivity contribution in [1.29, 1.82) is 0 Å². The van der Waals surface area contributed by atoms with E-state index in [2.05, 4.69) is 15.9 Å². The van der Waals surface area contributed by atoms with Crippen molar-refractivity contribution in [3.63, 3.8) is 0 Å². The van der Waals surface area contributed by atoms with Gasteiger partial charge in [-0.15, -0.1) is 0 Å². The van der Waals surface area contributed by atoms with Crippen LogP contribution >= 0.6 is 15.9 Å². The van der Waals surface area contributed by atoms with Gasteiger partial charge in [0.2, 0.25) is 0 Å². The van der Waals surface area contributed by atoms with E-state index in [1.54, 1.807) is 25.3 Å². The molecule has 0 radical (unpaired) electrons. The van der Waals surface area contributed by atoms with Crippen molar-refractivity contribution in [2.24, 2.45) is 0 Å². The van der Waals surface area contributed by atoms with E-state index in [0.29, 0.717) is 21.3 Å². The summed E-state index contributed by atoms with van der Waals surface area (Å²) in [7, 11) is 2.91. The fourth-order valence-electron chi connectivity index (χ4n) is 1.76. The zero-order valence-electron chi connectivity index (χ0n) is 10.9. The number of methoxy groups -OCH3 is 2. The monoisotopic (exact) mass is 338 g/mol. The molecule has 0 aliphatic heterocycles. The average Bonchev–Trinajstić information content (AvgIpc) is 2.47. The third-order valence-electron chi connectivity index (χ3n) is 2.83. The number of rotatable bonds is 4. The minimum atomic E-state index is -0.502. The molecule has 5 heteroatoms. The highest BCUT2D eigenvalue weighted by Gasteiger charge is 2.15. The lowest BCUT2D eigenvalue weighted by Gasteiger charge is -2.08. The molecule has 2 aromatic rings. The fraction of sp³-hybridized carbons (Fsp3) is 0.133. The van der Waals surface area contributed by atoms with E-state index < -0.39 is 5.82 Å². The van der Waals surface area contributed by atoms with Crippen LogP contribution in [0, 0.1) is 5.82 Å². The smallest absolute Gasteiger partial charge is 0.194 e. The van der Waals surface area contributed by atoms with Gasteiger partial charge in [0, 0.05) is 15.6 Å². The quantitative estimate of drug-likeness (QED) is 0.794. The molecule has 104 valence electrons. The van der Waals surface area contributed by atoms with Crippen LogP contribution in [0.2, 0.25) is 0 Å². The maximum Gasteiger partial charge on any atom is 0.194 e. The van der Waals surface area contributed by atoms with E-state index in [1.807, 2.05) is 0 Å². The molecule has 0 aromatic heterocycles. The average molecular weight is 339 g/mol. The summed E-state index contributed by atoms with van der Waals surface area (Å²) < 4.78 is 23.9. The fourth-order valence-corrected chi connectivity index (χ4v) is 2.30. The Hall–Kier alpha value is -1.88. The molecule has 0 aliphatic carbocycles. The number of halogens is 2.